The van der Waals surface area contributed by atoms with Gasteiger partial charge in [0.2, 0.25) is 11.8 Å². The van der Waals surface area contributed by atoms with Crippen molar-refractivity contribution in [3.63, 3.8) is 0 Å². The van der Waals surface area contributed by atoms with E-state index in [0.717, 1.165) is 5.56 Å². The van der Waals surface area contributed by atoms with Crippen LogP contribution in [0.2, 0.25) is 15.1 Å². The van der Waals surface area contributed by atoms with E-state index < -0.39 is 0 Å². The lowest BCUT2D eigenvalue weighted by molar-refractivity contribution is -0.116. The molecule has 172 valence electrons. The highest BCUT2D eigenvalue weighted by Crippen LogP contribution is 2.26. The topological polar surface area (TPSA) is 88.9 Å². The van der Waals surface area contributed by atoms with Crippen LogP contribution >= 0.6 is 46.6 Å². The molecule has 0 atom stereocenters. The molecule has 1 aromatic heterocycles. The summed E-state index contributed by atoms with van der Waals surface area (Å²) in [5, 5.41) is 15.8. The fourth-order valence-corrected chi connectivity index (χ4v) is 4.26. The molecule has 0 aliphatic carbocycles. The van der Waals surface area contributed by atoms with E-state index >= 15 is 0 Å². The molecule has 0 spiro atoms. The first-order valence-corrected chi connectivity index (χ1v) is 12.0. The Morgan fingerprint density at radius 2 is 1.88 bits per heavy atom. The first kappa shape index (κ1) is 25.1. The summed E-state index contributed by atoms with van der Waals surface area (Å²) in [5.74, 6) is 0.174. The molecule has 2 aromatic carbocycles. The molecule has 0 bridgehead atoms. The van der Waals surface area contributed by atoms with E-state index in [0.29, 0.717) is 38.3 Å². The van der Waals surface area contributed by atoms with Gasteiger partial charge in [0.15, 0.2) is 11.0 Å². The smallest absolute Gasteiger partial charge is 0.244 e. The van der Waals surface area contributed by atoms with Crippen LogP contribution in [0, 0.1) is 0 Å². The minimum absolute atomic E-state index is 0.115. The zero-order valence-corrected chi connectivity index (χ0v) is 20.6. The molecule has 2 amide bonds. The molecule has 0 radical (unpaired) electrons. The quantitative estimate of drug-likeness (QED) is 0.292. The van der Waals surface area contributed by atoms with Crippen molar-refractivity contribution in [3.8, 4) is 0 Å². The Morgan fingerprint density at radius 1 is 1.09 bits per heavy atom. The number of rotatable bonds is 9. The predicted molar refractivity (Wildman–Crippen MR) is 134 cm³/mol. The maximum Gasteiger partial charge on any atom is 0.244 e. The van der Waals surface area contributed by atoms with Crippen LogP contribution in [0.3, 0.4) is 0 Å². The minimum atomic E-state index is -0.283. The Bertz CT molecular complexity index is 1180. The molecule has 1 heterocycles. The Labute approximate surface area is 210 Å². The third kappa shape index (κ3) is 7.23. The van der Waals surface area contributed by atoms with Crippen LogP contribution in [0.25, 0.3) is 6.08 Å². The number of carbonyl (C=O) groups is 2. The van der Waals surface area contributed by atoms with Crippen molar-refractivity contribution in [2.24, 2.45) is 0 Å². The van der Waals surface area contributed by atoms with Gasteiger partial charge in [-0.1, -0.05) is 64.8 Å². The van der Waals surface area contributed by atoms with Crippen LogP contribution in [0.1, 0.15) is 18.3 Å². The summed E-state index contributed by atoms with van der Waals surface area (Å²) in [6.45, 7) is 2.71. The molecular formula is C22H20Cl3N5O2S. The Kier molecular flexibility index (Phi) is 9.20. The second-order valence-corrected chi connectivity index (χ2v) is 8.87. The summed E-state index contributed by atoms with van der Waals surface area (Å²) in [5.41, 5.74) is 1.24. The van der Waals surface area contributed by atoms with Crippen molar-refractivity contribution in [3.05, 3.63) is 75.0 Å². The van der Waals surface area contributed by atoms with Crippen LogP contribution < -0.4 is 10.6 Å². The molecule has 0 aliphatic rings. The van der Waals surface area contributed by atoms with Crippen molar-refractivity contribution >= 4 is 70.1 Å². The van der Waals surface area contributed by atoms with E-state index in [9.17, 15) is 9.59 Å². The zero-order chi connectivity index (χ0) is 23.8. The molecule has 3 aromatic rings. The van der Waals surface area contributed by atoms with Crippen molar-refractivity contribution in [2.75, 3.05) is 11.1 Å². The Hall–Kier alpha value is -2.52. The number of hydrogen-bond donors (Lipinski definition) is 2. The summed E-state index contributed by atoms with van der Waals surface area (Å²) in [4.78, 5) is 24.5. The van der Waals surface area contributed by atoms with Gasteiger partial charge in [-0.25, -0.2) is 0 Å². The molecule has 0 fully saturated rings. The van der Waals surface area contributed by atoms with Crippen molar-refractivity contribution in [2.45, 2.75) is 25.2 Å². The van der Waals surface area contributed by atoms with Crippen LogP contribution in [0.15, 0.2) is 53.7 Å². The van der Waals surface area contributed by atoms with E-state index in [4.69, 9.17) is 34.8 Å². The number of halogens is 3. The fraction of sp³-hybridized carbons (Fsp3) is 0.182. The lowest BCUT2D eigenvalue weighted by Crippen LogP contribution is -2.22. The number of nitrogens with zero attached hydrogens (tertiary/aromatic N) is 3. The average molecular weight is 525 g/mol. The number of nitrogens with one attached hydrogen (secondary N) is 2. The van der Waals surface area contributed by atoms with Gasteiger partial charge in [-0.05, 0) is 42.8 Å². The number of amides is 2. The van der Waals surface area contributed by atoms with Crippen LogP contribution in [-0.4, -0.2) is 32.3 Å². The van der Waals surface area contributed by atoms with Gasteiger partial charge in [0.1, 0.15) is 0 Å². The van der Waals surface area contributed by atoms with Gasteiger partial charge in [-0.2, -0.15) is 0 Å². The highest BCUT2D eigenvalue weighted by Gasteiger charge is 2.14. The summed E-state index contributed by atoms with van der Waals surface area (Å²) >= 11 is 19.3. The maximum atomic E-state index is 12.3. The second kappa shape index (κ2) is 12.1. The summed E-state index contributed by atoms with van der Waals surface area (Å²) in [6, 6.07) is 12.1. The first-order valence-electron chi connectivity index (χ1n) is 9.87. The highest BCUT2D eigenvalue weighted by molar-refractivity contribution is 7.99. The van der Waals surface area contributed by atoms with E-state index in [1.807, 2.05) is 29.7 Å². The minimum Gasteiger partial charge on any atom is -0.345 e. The number of thioether (sulfide) groups is 1. The summed E-state index contributed by atoms with van der Waals surface area (Å²) in [6.07, 6.45) is 3.06. The lowest BCUT2D eigenvalue weighted by atomic mass is 10.2. The summed E-state index contributed by atoms with van der Waals surface area (Å²) in [7, 11) is 0. The monoisotopic (exact) mass is 523 g/mol. The van der Waals surface area contributed by atoms with Crippen LogP contribution in [0.4, 0.5) is 5.69 Å². The molecule has 0 saturated heterocycles. The van der Waals surface area contributed by atoms with Crippen molar-refractivity contribution in [1.82, 2.24) is 20.1 Å². The average Bonchev–Trinajstić information content (AvgIpc) is 3.19. The molecule has 3 rings (SSSR count). The van der Waals surface area contributed by atoms with Gasteiger partial charge in [-0.15, -0.1) is 10.2 Å². The normalized spacial score (nSPS) is 11.0. The Balaban J connectivity index is 1.54. The van der Waals surface area contributed by atoms with E-state index in [-0.39, 0.29) is 24.1 Å². The number of carbonyl (C=O) groups excluding carboxylic acids is 2. The third-order valence-corrected chi connectivity index (χ3v) is 6.25. The molecular weight excluding hydrogens is 505 g/mol. The van der Waals surface area contributed by atoms with Gasteiger partial charge in [0.25, 0.3) is 0 Å². The third-order valence-electron chi connectivity index (χ3n) is 4.39. The molecule has 0 aliphatic heterocycles. The number of anilines is 1. The summed E-state index contributed by atoms with van der Waals surface area (Å²) < 4.78 is 1.84. The number of aromatic nitrogens is 3. The number of benzene rings is 2. The first-order chi connectivity index (χ1) is 15.9. The largest absolute Gasteiger partial charge is 0.345 e. The van der Waals surface area contributed by atoms with E-state index in [1.165, 1.54) is 17.8 Å². The van der Waals surface area contributed by atoms with Gasteiger partial charge < -0.3 is 15.2 Å². The van der Waals surface area contributed by atoms with Gasteiger partial charge >= 0.3 is 0 Å². The molecule has 11 heteroatoms. The molecule has 7 nitrogen and oxygen atoms in total. The zero-order valence-electron chi connectivity index (χ0n) is 17.5. The molecule has 0 saturated carbocycles. The van der Waals surface area contributed by atoms with Crippen molar-refractivity contribution < 1.29 is 9.59 Å². The number of hydrogen-bond acceptors (Lipinski definition) is 5. The van der Waals surface area contributed by atoms with Gasteiger partial charge in [-0.3, -0.25) is 9.59 Å². The lowest BCUT2D eigenvalue weighted by Gasteiger charge is -2.09. The Morgan fingerprint density at radius 3 is 2.61 bits per heavy atom. The molecule has 2 N–H and O–H groups in total. The van der Waals surface area contributed by atoms with Crippen molar-refractivity contribution in [1.29, 1.82) is 0 Å². The fourth-order valence-electron chi connectivity index (χ4n) is 2.78. The predicted octanol–water partition coefficient (Wildman–Crippen LogP) is 5.32. The molecule has 0 unspecified atom stereocenters. The van der Waals surface area contributed by atoms with E-state index in [1.54, 1.807) is 30.3 Å². The van der Waals surface area contributed by atoms with Gasteiger partial charge in [0, 0.05) is 22.7 Å². The van der Waals surface area contributed by atoms with Gasteiger partial charge in [0.05, 0.1) is 23.0 Å². The van der Waals surface area contributed by atoms with Crippen LogP contribution in [0.5, 0.6) is 0 Å². The maximum absolute atomic E-state index is 12.3. The SMILES string of the molecule is CCn1c(CNC(=O)/C=C/c2ccccc2Cl)nnc1SCC(=O)Nc1ccc(Cl)cc1Cl. The standard InChI is InChI=1S/C22H20Cl3N5O2S/c1-2-30-19(12-26-20(31)10-7-14-5-3-4-6-16(14)24)28-29-22(30)33-13-21(32)27-18-9-8-15(23)11-17(18)25/h3-11H,2,12-13H2,1H3,(H,26,31)(H,27,32)/b10-7+. The second-order valence-electron chi connectivity index (χ2n) is 6.68. The molecule has 33 heavy (non-hydrogen) atoms. The highest BCUT2D eigenvalue weighted by atomic mass is 35.5. The van der Waals surface area contributed by atoms with Crippen LogP contribution in [-0.2, 0) is 22.7 Å². The van der Waals surface area contributed by atoms with E-state index in [2.05, 4.69) is 20.8 Å².